The van der Waals surface area contributed by atoms with E-state index in [0.717, 1.165) is 31.1 Å². The van der Waals surface area contributed by atoms with Gasteiger partial charge in [0.1, 0.15) is 17.2 Å². The summed E-state index contributed by atoms with van der Waals surface area (Å²) in [5, 5.41) is 14.2. The second-order valence-corrected chi connectivity index (χ2v) is 25.3. The normalized spacial score (nSPS) is 14.1. The zero-order valence-electron chi connectivity index (χ0n) is 44.0. The topological polar surface area (TPSA) is 223 Å². The molecule has 2 heterocycles. The second-order valence-electron chi connectivity index (χ2n) is 21.5. The summed E-state index contributed by atoms with van der Waals surface area (Å²) in [6.45, 7) is 12.9. The quantitative estimate of drug-likeness (QED) is 0.0647. The predicted octanol–water partition coefficient (Wildman–Crippen LogP) is 13.1. The van der Waals surface area contributed by atoms with E-state index < -0.39 is 44.1 Å². The van der Waals surface area contributed by atoms with Crippen LogP contribution in [0.5, 0.6) is 0 Å². The van der Waals surface area contributed by atoms with Gasteiger partial charge in [0.05, 0.1) is 38.8 Å². The highest BCUT2D eigenvalue weighted by Gasteiger charge is 2.38. The molecule has 78 heavy (non-hydrogen) atoms. The van der Waals surface area contributed by atoms with Crippen LogP contribution in [0.4, 0.5) is 27.5 Å². The van der Waals surface area contributed by atoms with Crippen LogP contribution in [0.3, 0.4) is 0 Å². The van der Waals surface area contributed by atoms with Gasteiger partial charge in [0, 0.05) is 34.1 Å². The number of oxazole rings is 1. The molecule has 1 aliphatic carbocycles. The van der Waals surface area contributed by atoms with E-state index >= 15 is 0 Å². The maximum atomic E-state index is 14.8. The number of anilines is 4. The van der Waals surface area contributed by atoms with E-state index in [9.17, 15) is 36.5 Å². The molecule has 8 aromatic rings. The molecule has 9 rings (SSSR count). The molecule has 1 fully saturated rings. The van der Waals surface area contributed by atoms with Crippen molar-refractivity contribution in [1.82, 2.24) is 9.55 Å². The van der Waals surface area contributed by atoms with Gasteiger partial charge in [0.15, 0.2) is 5.58 Å². The Hall–Kier alpha value is -7.98. The maximum absolute atomic E-state index is 14.8. The van der Waals surface area contributed by atoms with Crippen LogP contribution in [0.15, 0.2) is 137 Å². The predicted molar refractivity (Wildman–Crippen MR) is 307 cm³/mol. The molecule has 0 radical (unpaired) electrons. The minimum atomic E-state index is -4.38. The number of allylic oxidation sites excluding steroid dienone is 1. The molecule has 1 aliphatic rings. The highest BCUT2D eigenvalue weighted by atomic mass is 35.5. The first-order valence-electron chi connectivity index (χ1n) is 25.2. The minimum Gasteiger partial charge on any atom is -0.435 e. The van der Waals surface area contributed by atoms with Crippen LogP contribution in [0.2, 0.25) is 5.02 Å². The summed E-state index contributed by atoms with van der Waals surface area (Å²) < 4.78 is 70.6. The monoisotopic (exact) mass is 1110 g/mol. The molecule has 16 nitrogen and oxygen atoms in total. The number of carbonyl (C=O) groups is 3. The highest BCUT2D eigenvalue weighted by molar-refractivity contribution is 7.93. The molecule has 19 heteroatoms. The first kappa shape index (κ1) is 54.8. The Bertz CT molecular complexity index is 4000. The number of halogens is 1. The molecule has 1 saturated carbocycles. The molecule has 1 unspecified atom stereocenters. The van der Waals surface area contributed by atoms with Crippen molar-refractivity contribution in [1.29, 1.82) is 5.26 Å². The van der Waals surface area contributed by atoms with Gasteiger partial charge in [-0.2, -0.15) is 5.26 Å². The molecule has 402 valence electrons. The van der Waals surface area contributed by atoms with Gasteiger partial charge in [-0.1, -0.05) is 114 Å². The third kappa shape index (κ3) is 11.9. The van der Waals surface area contributed by atoms with Gasteiger partial charge in [-0.25, -0.2) is 26.6 Å². The van der Waals surface area contributed by atoms with Crippen molar-refractivity contribution in [2.24, 2.45) is 5.41 Å². The molecule has 0 aliphatic heterocycles. The zero-order valence-corrected chi connectivity index (χ0v) is 46.4. The lowest BCUT2D eigenvalue weighted by molar-refractivity contribution is -0.122. The fourth-order valence-corrected chi connectivity index (χ4v) is 12.5. The first-order valence-corrected chi connectivity index (χ1v) is 29.0. The summed E-state index contributed by atoms with van der Waals surface area (Å²) >= 11 is 6.64. The molecule has 0 saturated heterocycles. The average Bonchev–Trinajstić information content (AvgIpc) is 4.16. The van der Waals surface area contributed by atoms with Crippen LogP contribution >= 0.6 is 11.6 Å². The summed E-state index contributed by atoms with van der Waals surface area (Å²) in [4.78, 5) is 50.2. The number of nitrogens with one attached hydrogen (secondary N) is 3. The third-order valence-corrected chi connectivity index (χ3v) is 16.0. The molecule has 6 aromatic carbocycles. The Morgan fingerprint density at radius 2 is 1.59 bits per heavy atom. The Morgan fingerprint density at radius 3 is 2.29 bits per heavy atom. The van der Waals surface area contributed by atoms with E-state index in [4.69, 9.17) is 25.7 Å². The van der Waals surface area contributed by atoms with Crippen molar-refractivity contribution >= 4 is 117 Å². The van der Waals surface area contributed by atoms with Gasteiger partial charge < -0.3 is 14.5 Å². The number of amides is 2. The molecule has 2 amide bonds. The minimum absolute atomic E-state index is 0.0324. The van der Waals surface area contributed by atoms with Crippen LogP contribution < -0.4 is 19.7 Å². The smallest absolute Gasteiger partial charge is 0.415 e. The van der Waals surface area contributed by atoms with Crippen LogP contribution in [0, 0.1) is 23.7 Å². The van der Waals surface area contributed by atoms with Gasteiger partial charge in [0.2, 0.25) is 15.9 Å². The zero-order chi connectivity index (χ0) is 55.9. The largest absolute Gasteiger partial charge is 0.435 e. The SMILES string of the molecule is Cc1cc(N(C(=O)OC(C(=O)Nc2cc(NS(=O)(=O)c3ccc(NS(C)(=O)=O)c4ccccc34)ccc2Cl)C(=O)n2ccc3ccccc32)C2CCCC2)ccc1/C=C(\C#N)c1nc2cc(C(C)(C)CC(C)(C)C)ccc2o1. The standard InChI is InChI=1S/C59H58ClN7O9S2/c1-36-30-43(23-20-38(36)31-39(34-61)55-63-49-32-40(21-26-51(49)75-55)59(5,6)35-58(2,3)4)67(42-15-9-10-16-42)57(70)76-53(56(69)66-29-28-37-14-8-13-19-50(37)66)54(68)62-48-33-41(22-24-46(48)60)64-78(73,74)52-27-25-47(65-77(7,71)72)44-17-11-12-18-45(44)52/h8,11-14,17-33,42,53,64-65H,9-10,15-16,35H2,1-7H3,(H,62,68)/b39-31+. The number of aromatic nitrogens is 2. The summed E-state index contributed by atoms with van der Waals surface area (Å²) in [5.41, 5.74) is 4.74. The van der Waals surface area contributed by atoms with Crippen LogP contribution in [0.1, 0.15) is 94.1 Å². The molecule has 3 N–H and O–H groups in total. The van der Waals surface area contributed by atoms with E-state index in [2.05, 4.69) is 55.4 Å². The lowest BCUT2D eigenvalue weighted by atomic mass is 9.72. The van der Waals surface area contributed by atoms with Crippen molar-refractivity contribution < 1.29 is 40.4 Å². The number of nitriles is 1. The average molecular weight is 1110 g/mol. The van der Waals surface area contributed by atoms with Crippen molar-refractivity contribution in [3.8, 4) is 6.07 Å². The van der Waals surface area contributed by atoms with Gasteiger partial charge in [-0.15, -0.1) is 0 Å². The highest BCUT2D eigenvalue weighted by Crippen LogP contribution is 2.39. The molecule has 0 bridgehead atoms. The number of carbonyl (C=O) groups excluding carboxylic acids is 3. The van der Waals surface area contributed by atoms with Crippen LogP contribution in [0.25, 0.3) is 44.4 Å². The number of benzene rings is 6. The lowest BCUT2D eigenvalue weighted by Gasteiger charge is -2.32. The van der Waals surface area contributed by atoms with E-state index in [1.807, 2.05) is 25.1 Å². The van der Waals surface area contributed by atoms with Crippen molar-refractivity contribution in [3.63, 3.8) is 0 Å². The number of rotatable bonds is 15. The van der Waals surface area contributed by atoms with E-state index in [-0.39, 0.29) is 60.7 Å². The van der Waals surface area contributed by atoms with Crippen molar-refractivity contribution in [2.45, 2.75) is 96.1 Å². The number of aryl methyl sites for hydroxylation is 1. The Labute approximate surface area is 458 Å². The fraction of sp³-hybridized carbons (Fsp3) is 0.271. The Balaban J connectivity index is 1.00. The molecule has 1 atom stereocenters. The molecule has 2 aromatic heterocycles. The fourth-order valence-electron chi connectivity index (χ4n) is 10.5. The molecular formula is C59H58ClN7O9S2. The van der Waals surface area contributed by atoms with Gasteiger partial charge in [-0.3, -0.25) is 28.5 Å². The summed E-state index contributed by atoms with van der Waals surface area (Å²) in [6.07, 6.45) is 4.88. The lowest BCUT2D eigenvalue weighted by Crippen LogP contribution is -2.47. The summed E-state index contributed by atoms with van der Waals surface area (Å²) in [6, 6.07) is 34.7. The number of sulfonamides is 2. The van der Waals surface area contributed by atoms with E-state index in [1.54, 1.807) is 72.8 Å². The van der Waals surface area contributed by atoms with Crippen LogP contribution in [-0.4, -0.2) is 62.7 Å². The first-order chi connectivity index (χ1) is 36.9. The molecular weight excluding hydrogens is 1050 g/mol. The molecule has 0 spiro atoms. The number of ether oxygens (including phenoxy) is 1. The number of nitrogens with zero attached hydrogens (tertiary/aromatic N) is 4. The van der Waals surface area contributed by atoms with Gasteiger partial charge in [0.25, 0.3) is 27.9 Å². The number of fused-ring (bicyclic) bond motifs is 3. The number of para-hydroxylation sites is 1. The summed E-state index contributed by atoms with van der Waals surface area (Å²) in [7, 11) is -8.08. The van der Waals surface area contributed by atoms with Gasteiger partial charge >= 0.3 is 6.09 Å². The maximum Gasteiger partial charge on any atom is 0.415 e. The van der Waals surface area contributed by atoms with Crippen molar-refractivity contribution in [3.05, 3.63) is 155 Å². The Morgan fingerprint density at radius 1 is 0.872 bits per heavy atom. The number of hydrogen-bond donors (Lipinski definition) is 3. The van der Waals surface area contributed by atoms with Crippen LogP contribution in [-0.2, 0) is 35.0 Å². The number of hydrogen-bond acceptors (Lipinski definition) is 11. The second kappa shape index (κ2) is 21.4. The van der Waals surface area contributed by atoms with Crippen molar-refractivity contribution in [2.75, 3.05) is 25.9 Å². The Kier molecular flexibility index (Phi) is 15.1. The van der Waals surface area contributed by atoms with Gasteiger partial charge in [-0.05, 0) is 127 Å². The van der Waals surface area contributed by atoms with E-state index in [0.29, 0.717) is 57.0 Å². The third-order valence-electron chi connectivity index (χ3n) is 13.7. The van der Waals surface area contributed by atoms with E-state index in [1.165, 1.54) is 52.1 Å². The summed E-state index contributed by atoms with van der Waals surface area (Å²) in [5.74, 6) is -1.81.